The van der Waals surface area contributed by atoms with E-state index in [1.54, 1.807) is 0 Å². The molecule has 2 nitrogen and oxygen atoms in total. The number of rotatable bonds is 4. The van der Waals surface area contributed by atoms with Crippen molar-refractivity contribution in [1.82, 2.24) is 0 Å². The Labute approximate surface area is 94.7 Å². The standard InChI is InChI=1S/C4H11O2PS2.Na/c1-3-5-7(8,9)6-4-2;/h3-4H2,1-2H3,(H,8,9);. The molecule has 0 aliphatic carbocycles. The third kappa shape index (κ3) is 8.02. The van der Waals surface area contributed by atoms with Crippen molar-refractivity contribution in [3.05, 3.63) is 0 Å². The summed E-state index contributed by atoms with van der Waals surface area (Å²) in [5.74, 6) is 0. The minimum absolute atomic E-state index is 0. The van der Waals surface area contributed by atoms with Gasteiger partial charge in [-0.2, -0.15) is 0 Å². The number of hydrogen-bond acceptors (Lipinski definition) is 3. The Hall–Kier alpha value is 1.92. The molecule has 0 heterocycles. The van der Waals surface area contributed by atoms with E-state index in [2.05, 4.69) is 12.2 Å². The van der Waals surface area contributed by atoms with E-state index in [1.807, 2.05) is 13.8 Å². The van der Waals surface area contributed by atoms with Crippen LogP contribution in [0.15, 0.2) is 0 Å². The molecule has 0 saturated carbocycles. The summed E-state index contributed by atoms with van der Waals surface area (Å²) in [6, 6.07) is 0. The van der Waals surface area contributed by atoms with Crippen molar-refractivity contribution in [2.45, 2.75) is 13.8 Å². The molecular weight excluding hydrogens is 198 g/mol. The molecule has 0 unspecified atom stereocenters. The van der Waals surface area contributed by atoms with Gasteiger partial charge in [-0.05, 0) is 25.7 Å². The van der Waals surface area contributed by atoms with Crippen molar-refractivity contribution in [1.29, 1.82) is 0 Å². The van der Waals surface area contributed by atoms with Crippen molar-refractivity contribution in [2.75, 3.05) is 13.2 Å². The molecule has 57 valence electrons. The molecule has 0 aromatic heterocycles. The van der Waals surface area contributed by atoms with Crippen molar-refractivity contribution in [3.63, 3.8) is 0 Å². The summed E-state index contributed by atoms with van der Waals surface area (Å²) in [5, 5.41) is 0. The van der Waals surface area contributed by atoms with E-state index < -0.39 is 5.69 Å². The molecule has 0 rings (SSSR count). The van der Waals surface area contributed by atoms with Crippen LogP contribution in [0.3, 0.4) is 0 Å². The van der Waals surface area contributed by atoms with E-state index >= 15 is 0 Å². The summed E-state index contributed by atoms with van der Waals surface area (Å²) in [4.78, 5) is 0. The molecule has 6 heteroatoms. The molecule has 0 aliphatic heterocycles. The van der Waals surface area contributed by atoms with Gasteiger partial charge in [0.05, 0.1) is 13.2 Å². The fraction of sp³-hybridized carbons (Fsp3) is 1.00. The Kier molecular flexibility index (Phi) is 10.9. The van der Waals surface area contributed by atoms with Crippen LogP contribution in [-0.2, 0) is 20.9 Å². The van der Waals surface area contributed by atoms with Crippen LogP contribution in [0.4, 0.5) is 0 Å². The Bertz CT molecular complexity index is 112. The maximum Gasteiger partial charge on any atom is 0.244 e. The van der Waals surface area contributed by atoms with Crippen LogP contribution in [0.5, 0.6) is 0 Å². The molecule has 0 fully saturated rings. The van der Waals surface area contributed by atoms with Crippen molar-refractivity contribution in [3.8, 4) is 0 Å². The van der Waals surface area contributed by atoms with Crippen LogP contribution in [0.25, 0.3) is 0 Å². The maximum atomic E-state index is 5.04. The second kappa shape index (κ2) is 7.56. The Morgan fingerprint density at radius 3 is 1.80 bits per heavy atom. The molecule has 0 aromatic rings. The topological polar surface area (TPSA) is 18.5 Å². The zero-order valence-corrected chi connectivity index (χ0v) is 11.1. The zero-order valence-electron chi connectivity index (χ0n) is 6.53. The van der Waals surface area contributed by atoms with Gasteiger partial charge in [-0.3, -0.25) is 0 Å². The average Bonchev–Trinajstić information content (AvgIpc) is 1.64. The van der Waals surface area contributed by atoms with Gasteiger partial charge in [0.15, 0.2) is 0 Å². The number of hydrogen-bond donors (Lipinski definition) is 1. The van der Waals surface area contributed by atoms with Crippen molar-refractivity contribution in [2.24, 2.45) is 0 Å². The fourth-order valence-electron chi connectivity index (χ4n) is 0.364. The van der Waals surface area contributed by atoms with Crippen LogP contribution >= 0.6 is 17.9 Å². The zero-order chi connectivity index (χ0) is 7.33. The molecule has 0 atom stereocenters. The average molecular weight is 209 g/mol. The van der Waals surface area contributed by atoms with E-state index in [1.165, 1.54) is 0 Å². The predicted molar refractivity (Wildman–Crippen MR) is 52.3 cm³/mol. The van der Waals surface area contributed by atoms with E-state index in [0.717, 1.165) is 0 Å². The van der Waals surface area contributed by atoms with Gasteiger partial charge >= 0.3 is 0 Å². The number of thiol groups is 1. The second-order valence-corrected chi connectivity index (χ2v) is 6.59. The quantitative estimate of drug-likeness (QED) is 0.433. The molecule has 0 amide bonds. The summed E-state index contributed by atoms with van der Waals surface area (Å²) in [6.07, 6.45) is 0. The molecule has 1 radical (unpaired) electrons. The molecule has 10 heavy (non-hydrogen) atoms. The summed E-state index contributed by atoms with van der Waals surface area (Å²) < 4.78 is 10.1. The summed E-state index contributed by atoms with van der Waals surface area (Å²) in [5.41, 5.74) is -2.16. The first-order chi connectivity index (χ1) is 4.12. The third-order valence-corrected chi connectivity index (χ3v) is 3.08. The first kappa shape index (κ1) is 14.4. The van der Waals surface area contributed by atoms with Gasteiger partial charge in [0, 0.05) is 29.6 Å². The van der Waals surface area contributed by atoms with Crippen LogP contribution in [0.2, 0.25) is 0 Å². The first-order valence-corrected chi connectivity index (χ1v) is 6.53. The second-order valence-electron chi connectivity index (χ2n) is 1.30. The summed E-state index contributed by atoms with van der Waals surface area (Å²) in [6.45, 7) is 4.88. The van der Waals surface area contributed by atoms with Gasteiger partial charge in [-0.25, -0.2) is 0 Å². The molecule has 0 N–H and O–H groups in total. The van der Waals surface area contributed by atoms with E-state index in [9.17, 15) is 0 Å². The van der Waals surface area contributed by atoms with Gasteiger partial charge in [0.2, 0.25) is 5.69 Å². The van der Waals surface area contributed by atoms with Crippen LogP contribution in [0, 0.1) is 0 Å². The molecular formula is C4H11NaO2PS2. The van der Waals surface area contributed by atoms with Gasteiger partial charge in [-0.15, -0.1) is 0 Å². The van der Waals surface area contributed by atoms with E-state index in [0.29, 0.717) is 13.2 Å². The van der Waals surface area contributed by atoms with Gasteiger partial charge < -0.3 is 9.05 Å². The van der Waals surface area contributed by atoms with Crippen molar-refractivity contribution < 1.29 is 9.05 Å². The van der Waals surface area contributed by atoms with Gasteiger partial charge in [-0.1, -0.05) is 12.2 Å². The van der Waals surface area contributed by atoms with Crippen LogP contribution in [-0.4, -0.2) is 42.8 Å². The minimum atomic E-state index is -2.16. The summed E-state index contributed by atoms with van der Waals surface area (Å²) >= 11 is 8.90. The smallest absolute Gasteiger partial charge is 0.244 e. The largest absolute Gasteiger partial charge is 0.322 e. The normalized spacial score (nSPS) is 10.7. The Morgan fingerprint density at radius 2 is 1.60 bits per heavy atom. The molecule has 0 aliphatic rings. The van der Waals surface area contributed by atoms with E-state index in [4.69, 9.17) is 20.9 Å². The molecule has 0 saturated heterocycles. The molecule has 0 spiro atoms. The molecule has 0 bridgehead atoms. The van der Waals surface area contributed by atoms with E-state index in [-0.39, 0.29) is 29.6 Å². The SMILES string of the molecule is CCOP(=S)(S)OCC.[Na]. The van der Waals surface area contributed by atoms with Crippen molar-refractivity contribution >= 4 is 59.3 Å². The third-order valence-electron chi connectivity index (χ3n) is 0.584. The monoisotopic (exact) mass is 209 g/mol. The predicted octanol–water partition coefficient (Wildman–Crippen LogP) is 1.83. The van der Waals surface area contributed by atoms with Crippen LogP contribution in [0.1, 0.15) is 13.8 Å². The maximum absolute atomic E-state index is 5.04. The van der Waals surface area contributed by atoms with Crippen LogP contribution < -0.4 is 0 Å². The molecule has 0 aromatic carbocycles. The fourth-order valence-corrected chi connectivity index (χ4v) is 2.42. The first-order valence-electron chi connectivity index (χ1n) is 2.74. The summed E-state index contributed by atoms with van der Waals surface area (Å²) in [7, 11) is 0. The Balaban J connectivity index is 0. The van der Waals surface area contributed by atoms with Gasteiger partial charge in [0.25, 0.3) is 0 Å². The minimum Gasteiger partial charge on any atom is -0.322 e. The van der Waals surface area contributed by atoms with Gasteiger partial charge in [0.1, 0.15) is 0 Å². The Morgan fingerprint density at radius 1 is 1.30 bits per heavy atom.